The first-order valence-electron chi connectivity index (χ1n) is 7.34. The minimum absolute atomic E-state index is 0. The number of rotatable bonds is 6. The number of amides is 1. The van der Waals surface area contributed by atoms with Crippen LogP contribution in [0.1, 0.15) is 12.0 Å². The van der Waals surface area contributed by atoms with Gasteiger partial charge in [0.25, 0.3) is 0 Å². The van der Waals surface area contributed by atoms with Crippen LogP contribution in [0.4, 0.5) is 0 Å². The average molecular weight is 312 g/mol. The number of hydrogen-bond donors (Lipinski definition) is 1. The maximum absolute atomic E-state index is 11.8. The summed E-state index contributed by atoms with van der Waals surface area (Å²) in [4.78, 5) is 16.1. The molecular formula is C16H26ClN3O. The molecule has 4 nitrogen and oxygen atoms in total. The van der Waals surface area contributed by atoms with Crippen molar-refractivity contribution >= 4 is 18.3 Å². The van der Waals surface area contributed by atoms with Crippen molar-refractivity contribution in [2.24, 2.45) is 5.92 Å². The number of hydrogen-bond acceptors (Lipinski definition) is 3. The topological polar surface area (TPSA) is 35.6 Å². The summed E-state index contributed by atoms with van der Waals surface area (Å²) in [6.07, 6.45) is 1.18. The van der Waals surface area contributed by atoms with Crippen LogP contribution in [-0.2, 0) is 11.3 Å². The standard InChI is InChI=1S/C16H25N3O.ClH/c1-17-10-16(20)18(2)11-15-8-9-19(13-15)12-14-6-4-3-5-7-14;/h3-7,15,17H,8-13H2,1-2H3;1H. The quantitative estimate of drug-likeness (QED) is 0.867. The minimum atomic E-state index is 0. The normalized spacial score (nSPS) is 18.3. The van der Waals surface area contributed by atoms with E-state index in [2.05, 4.69) is 40.5 Å². The summed E-state index contributed by atoms with van der Waals surface area (Å²) < 4.78 is 0. The van der Waals surface area contributed by atoms with E-state index in [4.69, 9.17) is 0 Å². The molecule has 5 heteroatoms. The monoisotopic (exact) mass is 311 g/mol. The number of carbonyl (C=O) groups excluding carboxylic acids is 1. The first-order valence-corrected chi connectivity index (χ1v) is 7.34. The molecular weight excluding hydrogens is 286 g/mol. The lowest BCUT2D eigenvalue weighted by molar-refractivity contribution is -0.129. The fraction of sp³-hybridized carbons (Fsp3) is 0.562. The Bertz CT molecular complexity index is 427. The number of nitrogens with zero attached hydrogens (tertiary/aromatic N) is 2. The minimum Gasteiger partial charge on any atom is -0.344 e. The zero-order chi connectivity index (χ0) is 14.4. The SMILES string of the molecule is CNCC(=O)N(C)CC1CCN(Cc2ccccc2)C1.Cl. The summed E-state index contributed by atoms with van der Waals surface area (Å²) in [5, 5.41) is 2.91. The lowest BCUT2D eigenvalue weighted by Crippen LogP contribution is -2.37. The molecule has 1 aromatic rings. The second-order valence-electron chi connectivity index (χ2n) is 5.68. The van der Waals surface area contributed by atoms with Crippen molar-refractivity contribution in [3.63, 3.8) is 0 Å². The average Bonchev–Trinajstić information content (AvgIpc) is 2.87. The molecule has 118 valence electrons. The number of carbonyl (C=O) groups is 1. The maximum atomic E-state index is 11.8. The first-order chi connectivity index (χ1) is 9.69. The second kappa shape index (κ2) is 9.03. The summed E-state index contributed by atoms with van der Waals surface area (Å²) in [5.74, 6) is 0.776. The highest BCUT2D eigenvalue weighted by Crippen LogP contribution is 2.19. The number of nitrogens with one attached hydrogen (secondary N) is 1. The van der Waals surface area contributed by atoms with Gasteiger partial charge in [-0.25, -0.2) is 0 Å². The predicted molar refractivity (Wildman–Crippen MR) is 88.6 cm³/mol. The van der Waals surface area contributed by atoms with Crippen LogP contribution < -0.4 is 5.32 Å². The summed E-state index contributed by atoms with van der Waals surface area (Å²) in [6.45, 7) is 4.54. The molecule has 1 aliphatic rings. The zero-order valence-corrected chi connectivity index (χ0v) is 13.7. The largest absolute Gasteiger partial charge is 0.344 e. The summed E-state index contributed by atoms with van der Waals surface area (Å²) >= 11 is 0. The molecule has 0 saturated carbocycles. The van der Waals surface area contributed by atoms with Gasteiger partial charge in [-0.1, -0.05) is 30.3 Å². The maximum Gasteiger partial charge on any atom is 0.236 e. The fourth-order valence-corrected chi connectivity index (χ4v) is 2.82. The van der Waals surface area contributed by atoms with Gasteiger partial charge in [0.1, 0.15) is 0 Å². The van der Waals surface area contributed by atoms with Crippen LogP contribution in [0.2, 0.25) is 0 Å². The van der Waals surface area contributed by atoms with Gasteiger partial charge in [0.15, 0.2) is 0 Å². The molecule has 1 unspecified atom stereocenters. The molecule has 1 heterocycles. The Morgan fingerprint density at radius 3 is 2.76 bits per heavy atom. The van der Waals surface area contributed by atoms with Crippen LogP contribution in [0.25, 0.3) is 0 Å². The molecule has 0 aliphatic carbocycles. The van der Waals surface area contributed by atoms with Crippen molar-refractivity contribution in [2.75, 3.05) is 40.3 Å². The Hall–Kier alpha value is -1.10. The highest BCUT2D eigenvalue weighted by Gasteiger charge is 2.24. The molecule has 21 heavy (non-hydrogen) atoms. The number of benzene rings is 1. The van der Waals surface area contributed by atoms with E-state index in [9.17, 15) is 4.79 Å². The summed E-state index contributed by atoms with van der Waals surface area (Å²) in [5.41, 5.74) is 1.37. The van der Waals surface area contributed by atoms with Crippen molar-refractivity contribution in [1.29, 1.82) is 0 Å². The summed E-state index contributed by atoms with van der Waals surface area (Å²) in [7, 11) is 3.71. The lowest BCUT2D eigenvalue weighted by Gasteiger charge is -2.22. The Morgan fingerprint density at radius 2 is 2.10 bits per heavy atom. The van der Waals surface area contributed by atoms with E-state index in [-0.39, 0.29) is 18.3 Å². The van der Waals surface area contributed by atoms with E-state index in [1.165, 1.54) is 12.0 Å². The molecule has 1 atom stereocenters. The molecule has 0 spiro atoms. The number of likely N-dealkylation sites (tertiary alicyclic amines) is 1. The second-order valence-corrected chi connectivity index (χ2v) is 5.68. The van der Waals surface area contributed by atoms with E-state index in [1.54, 1.807) is 0 Å². The van der Waals surface area contributed by atoms with Crippen LogP contribution in [0, 0.1) is 5.92 Å². The third-order valence-corrected chi connectivity index (χ3v) is 3.90. The number of likely N-dealkylation sites (N-methyl/N-ethyl adjacent to an activating group) is 2. The van der Waals surface area contributed by atoms with Gasteiger partial charge in [0.2, 0.25) is 5.91 Å². The number of halogens is 1. The molecule has 1 fully saturated rings. The van der Waals surface area contributed by atoms with Gasteiger partial charge in [-0.15, -0.1) is 12.4 Å². The van der Waals surface area contributed by atoms with Gasteiger partial charge in [-0.05, 0) is 31.5 Å². The van der Waals surface area contributed by atoms with Crippen molar-refractivity contribution in [1.82, 2.24) is 15.1 Å². The van der Waals surface area contributed by atoms with Crippen LogP contribution in [0.15, 0.2) is 30.3 Å². The Labute approximate surface area is 133 Å². The van der Waals surface area contributed by atoms with Crippen LogP contribution in [0.5, 0.6) is 0 Å². The fourth-order valence-electron chi connectivity index (χ4n) is 2.82. The zero-order valence-electron chi connectivity index (χ0n) is 12.9. The summed E-state index contributed by atoms with van der Waals surface area (Å²) in [6, 6.07) is 10.6. The van der Waals surface area contributed by atoms with Crippen LogP contribution in [0.3, 0.4) is 0 Å². The van der Waals surface area contributed by atoms with Crippen LogP contribution >= 0.6 is 12.4 Å². The third-order valence-electron chi connectivity index (χ3n) is 3.90. The van der Waals surface area contributed by atoms with E-state index in [0.29, 0.717) is 12.5 Å². The molecule has 0 aromatic heterocycles. The van der Waals surface area contributed by atoms with E-state index >= 15 is 0 Å². The van der Waals surface area contributed by atoms with Gasteiger partial charge >= 0.3 is 0 Å². The van der Waals surface area contributed by atoms with Crippen molar-refractivity contribution in [2.45, 2.75) is 13.0 Å². The molecule has 1 N–H and O–H groups in total. The lowest BCUT2D eigenvalue weighted by atomic mass is 10.1. The van der Waals surface area contributed by atoms with Crippen molar-refractivity contribution in [3.8, 4) is 0 Å². The molecule has 1 aromatic carbocycles. The Kier molecular flexibility index (Phi) is 7.72. The highest BCUT2D eigenvalue weighted by atomic mass is 35.5. The van der Waals surface area contributed by atoms with Gasteiger partial charge < -0.3 is 10.2 Å². The van der Waals surface area contributed by atoms with E-state index in [0.717, 1.165) is 26.2 Å². The molecule has 0 radical (unpaired) electrons. The Balaban J connectivity index is 0.00000220. The molecule has 2 rings (SSSR count). The van der Waals surface area contributed by atoms with E-state index < -0.39 is 0 Å². The Morgan fingerprint density at radius 1 is 1.38 bits per heavy atom. The molecule has 1 aliphatic heterocycles. The predicted octanol–water partition coefficient (Wildman–Crippen LogP) is 1.61. The molecule has 1 amide bonds. The third kappa shape index (κ3) is 5.65. The van der Waals surface area contributed by atoms with Crippen molar-refractivity contribution in [3.05, 3.63) is 35.9 Å². The van der Waals surface area contributed by atoms with Gasteiger partial charge in [0, 0.05) is 26.7 Å². The first kappa shape index (κ1) is 18.0. The van der Waals surface area contributed by atoms with Crippen molar-refractivity contribution < 1.29 is 4.79 Å². The van der Waals surface area contributed by atoms with Gasteiger partial charge in [-0.3, -0.25) is 9.69 Å². The van der Waals surface area contributed by atoms with Gasteiger partial charge in [0.05, 0.1) is 6.54 Å². The van der Waals surface area contributed by atoms with E-state index in [1.807, 2.05) is 19.0 Å². The highest BCUT2D eigenvalue weighted by molar-refractivity contribution is 5.85. The smallest absolute Gasteiger partial charge is 0.236 e. The molecule has 1 saturated heterocycles. The molecule has 0 bridgehead atoms. The van der Waals surface area contributed by atoms with Gasteiger partial charge in [-0.2, -0.15) is 0 Å². The van der Waals surface area contributed by atoms with Crippen LogP contribution in [-0.4, -0.2) is 56.0 Å².